The summed E-state index contributed by atoms with van der Waals surface area (Å²) < 4.78 is 5.64. The second-order valence-corrected chi connectivity index (χ2v) is 6.04. The highest BCUT2D eigenvalue weighted by atomic mass is 35.5. The highest BCUT2D eigenvalue weighted by Gasteiger charge is 2.11. The lowest BCUT2D eigenvalue weighted by Crippen LogP contribution is -1.89. The summed E-state index contributed by atoms with van der Waals surface area (Å²) in [5.41, 5.74) is 1.26. The van der Waals surface area contributed by atoms with Crippen molar-refractivity contribution in [2.75, 3.05) is 7.11 Å². The van der Waals surface area contributed by atoms with Crippen LogP contribution in [-0.4, -0.2) is 7.11 Å². The molecule has 0 radical (unpaired) electrons. The molecule has 4 rings (SSSR count). The maximum absolute atomic E-state index is 6.15. The second kappa shape index (κ2) is 4.89. The van der Waals surface area contributed by atoms with Gasteiger partial charge in [0.25, 0.3) is 0 Å². The average Bonchev–Trinajstić information content (AvgIpc) is 2.54. The Hall–Kier alpha value is -2.25. The van der Waals surface area contributed by atoms with Gasteiger partial charge < -0.3 is 4.74 Å². The van der Waals surface area contributed by atoms with Crippen LogP contribution in [0.2, 0.25) is 5.02 Å². The van der Waals surface area contributed by atoms with Gasteiger partial charge in [0.2, 0.25) is 0 Å². The molecule has 0 bridgehead atoms. The van der Waals surface area contributed by atoms with Gasteiger partial charge in [-0.3, -0.25) is 0 Å². The van der Waals surface area contributed by atoms with Crippen LogP contribution >= 0.6 is 11.6 Å². The highest BCUT2D eigenvalue weighted by Crippen LogP contribution is 2.39. The molecule has 2 heteroatoms. The first kappa shape index (κ1) is 13.4. The molecule has 108 valence electrons. The Morgan fingerprint density at radius 1 is 0.818 bits per heavy atom. The first-order chi connectivity index (χ1) is 10.7. The Kier molecular flexibility index (Phi) is 2.98. The molecule has 0 spiro atoms. The third-order valence-corrected chi connectivity index (χ3v) is 4.54. The van der Waals surface area contributed by atoms with Gasteiger partial charge in [-0.05, 0) is 52.2 Å². The van der Waals surface area contributed by atoms with Gasteiger partial charge in [-0.15, -0.1) is 0 Å². The summed E-state index contributed by atoms with van der Waals surface area (Å²) in [6, 6.07) is 18.8. The zero-order valence-electron chi connectivity index (χ0n) is 12.5. The Balaban J connectivity index is 2.35. The fraction of sp³-hybridized carbons (Fsp3) is 0.100. The molecular formula is C20H15ClO. The molecule has 4 aromatic carbocycles. The topological polar surface area (TPSA) is 9.23 Å². The van der Waals surface area contributed by atoms with Gasteiger partial charge in [-0.2, -0.15) is 0 Å². The van der Waals surface area contributed by atoms with E-state index < -0.39 is 0 Å². The molecule has 22 heavy (non-hydrogen) atoms. The maximum atomic E-state index is 6.15. The van der Waals surface area contributed by atoms with Crippen molar-refractivity contribution in [3.63, 3.8) is 0 Å². The molecule has 0 unspecified atom stereocenters. The van der Waals surface area contributed by atoms with Gasteiger partial charge >= 0.3 is 0 Å². The first-order valence-corrected chi connectivity index (χ1v) is 7.65. The molecule has 0 N–H and O–H groups in total. The van der Waals surface area contributed by atoms with Crippen molar-refractivity contribution >= 4 is 43.9 Å². The summed E-state index contributed by atoms with van der Waals surface area (Å²) in [5.74, 6) is 0.911. The van der Waals surface area contributed by atoms with Crippen molar-refractivity contribution in [3.05, 3.63) is 65.2 Å². The molecule has 0 atom stereocenters. The number of hydrogen-bond acceptors (Lipinski definition) is 1. The molecular weight excluding hydrogens is 292 g/mol. The van der Waals surface area contributed by atoms with Crippen molar-refractivity contribution in [1.29, 1.82) is 0 Å². The highest BCUT2D eigenvalue weighted by molar-refractivity contribution is 6.32. The van der Waals surface area contributed by atoms with Gasteiger partial charge in [0.15, 0.2) is 0 Å². The fourth-order valence-corrected chi connectivity index (χ4v) is 3.50. The van der Waals surface area contributed by atoms with Crippen molar-refractivity contribution in [3.8, 4) is 5.75 Å². The number of methoxy groups -OCH3 is 1. The minimum atomic E-state index is 0.759. The largest absolute Gasteiger partial charge is 0.496 e. The minimum Gasteiger partial charge on any atom is -0.496 e. The van der Waals surface area contributed by atoms with Crippen molar-refractivity contribution in [1.82, 2.24) is 0 Å². The van der Waals surface area contributed by atoms with E-state index in [4.69, 9.17) is 16.3 Å². The Morgan fingerprint density at radius 3 is 2.45 bits per heavy atom. The SMILES string of the molecule is COc1cccc2c(C)cc3ccc4cc(Cl)ccc4c3c12. The number of hydrogen-bond donors (Lipinski definition) is 0. The quantitative estimate of drug-likeness (QED) is 0.385. The number of ether oxygens (including phenoxy) is 1. The van der Waals surface area contributed by atoms with Crippen molar-refractivity contribution < 1.29 is 4.74 Å². The molecule has 0 fully saturated rings. The van der Waals surface area contributed by atoms with Gasteiger partial charge in [0.1, 0.15) is 5.75 Å². The lowest BCUT2D eigenvalue weighted by atomic mass is 9.93. The third kappa shape index (κ3) is 1.86. The Labute approximate surface area is 134 Å². The standard InChI is InChI=1S/C20H15ClO/c1-12-10-14-7-6-13-11-15(21)8-9-17(13)19(14)20-16(12)4-3-5-18(20)22-2/h3-11H,1-2H3. The number of aryl methyl sites for hydroxylation is 1. The maximum Gasteiger partial charge on any atom is 0.127 e. The fourth-order valence-electron chi connectivity index (χ4n) is 3.32. The molecule has 0 aromatic heterocycles. The molecule has 0 heterocycles. The van der Waals surface area contributed by atoms with E-state index in [0.29, 0.717) is 0 Å². The summed E-state index contributed by atoms with van der Waals surface area (Å²) >= 11 is 6.15. The summed E-state index contributed by atoms with van der Waals surface area (Å²) in [7, 11) is 1.73. The summed E-state index contributed by atoms with van der Waals surface area (Å²) in [4.78, 5) is 0. The lowest BCUT2D eigenvalue weighted by Gasteiger charge is -2.13. The number of rotatable bonds is 1. The van der Waals surface area contributed by atoms with E-state index in [1.807, 2.05) is 24.3 Å². The van der Waals surface area contributed by atoms with Crippen LogP contribution in [0.4, 0.5) is 0 Å². The molecule has 1 nitrogen and oxygen atoms in total. The van der Waals surface area contributed by atoms with E-state index in [1.54, 1.807) is 7.11 Å². The van der Waals surface area contributed by atoms with Crippen LogP contribution in [0, 0.1) is 6.92 Å². The second-order valence-electron chi connectivity index (χ2n) is 5.61. The number of benzene rings is 4. The van der Waals surface area contributed by atoms with Crippen LogP contribution in [0.25, 0.3) is 32.3 Å². The van der Waals surface area contributed by atoms with E-state index in [-0.39, 0.29) is 0 Å². The number of halogens is 1. The normalized spacial score (nSPS) is 11.4. The van der Waals surface area contributed by atoms with Crippen LogP contribution in [-0.2, 0) is 0 Å². The third-order valence-electron chi connectivity index (χ3n) is 4.31. The number of fused-ring (bicyclic) bond motifs is 5. The van der Waals surface area contributed by atoms with Gasteiger partial charge in [0, 0.05) is 15.8 Å². The molecule has 4 aromatic rings. The Morgan fingerprint density at radius 2 is 1.64 bits per heavy atom. The van der Waals surface area contributed by atoms with Crippen molar-refractivity contribution in [2.45, 2.75) is 6.92 Å². The van der Waals surface area contributed by atoms with Gasteiger partial charge in [-0.25, -0.2) is 0 Å². The van der Waals surface area contributed by atoms with Crippen LogP contribution in [0.1, 0.15) is 5.56 Å². The zero-order valence-corrected chi connectivity index (χ0v) is 13.2. The summed E-state index contributed by atoms with van der Waals surface area (Å²) in [6.07, 6.45) is 0. The average molecular weight is 307 g/mol. The molecule has 0 amide bonds. The van der Waals surface area contributed by atoms with Crippen LogP contribution < -0.4 is 4.74 Å². The lowest BCUT2D eigenvalue weighted by molar-refractivity contribution is 0.420. The van der Waals surface area contributed by atoms with E-state index in [0.717, 1.165) is 16.2 Å². The summed E-state index contributed by atoms with van der Waals surface area (Å²) in [6.45, 7) is 2.15. The smallest absolute Gasteiger partial charge is 0.127 e. The predicted octanol–water partition coefficient (Wildman–Crippen LogP) is 6.12. The summed E-state index contributed by atoms with van der Waals surface area (Å²) in [5, 5.41) is 7.97. The monoisotopic (exact) mass is 306 g/mol. The van der Waals surface area contributed by atoms with Crippen molar-refractivity contribution in [2.24, 2.45) is 0 Å². The minimum absolute atomic E-state index is 0.759. The first-order valence-electron chi connectivity index (χ1n) is 7.27. The van der Waals surface area contributed by atoms with Crippen LogP contribution in [0.15, 0.2) is 54.6 Å². The van der Waals surface area contributed by atoms with Gasteiger partial charge in [0.05, 0.1) is 7.11 Å². The molecule has 0 saturated carbocycles. The Bertz CT molecular complexity index is 1030. The van der Waals surface area contributed by atoms with E-state index in [9.17, 15) is 0 Å². The zero-order chi connectivity index (χ0) is 15.3. The molecule has 0 saturated heterocycles. The predicted molar refractivity (Wildman–Crippen MR) is 95.3 cm³/mol. The van der Waals surface area contributed by atoms with E-state index >= 15 is 0 Å². The molecule has 0 aliphatic carbocycles. The van der Waals surface area contributed by atoms with E-state index in [1.165, 1.54) is 32.5 Å². The van der Waals surface area contributed by atoms with Gasteiger partial charge in [-0.1, -0.05) is 48.0 Å². The molecule has 0 aliphatic rings. The molecule has 0 aliphatic heterocycles. The van der Waals surface area contributed by atoms with Crippen LogP contribution in [0.3, 0.4) is 0 Å². The van der Waals surface area contributed by atoms with E-state index in [2.05, 4.69) is 37.3 Å². The van der Waals surface area contributed by atoms with Crippen LogP contribution in [0.5, 0.6) is 5.75 Å².